The molecule has 6 heteroatoms. The second kappa shape index (κ2) is 6.20. The molecule has 0 aromatic carbocycles. The predicted molar refractivity (Wildman–Crippen MR) is 87.3 cm³/mol. The highest BCUT2D eigenvalue weighted by Crippen LogP contribution is 2.29. The highest BCUT2D eigenvalue weighted by Gasteiger charge is 2.28. The molecule has 0 N–H and O–H groups in total. The van der Waals surface area contributed by atoms with Crippen LogP contribution in [0, 0.1) is 6.92 Å². The monoisotopic (exact) mass is 318 g/mol. The molecular formula is C16H22N4OS. The third-order valence-electron chi connectivity index (χ3n) is 4.37. The SMILES string of the molecule is CCc1sc(C(=O)N2CCC[C@H](c3nncn3C)C2)cc1C. The van der Waals surface area contributed by atoms with E-state index in [2.05, 4.69) is 24.0 Å². The molecule has 0 spiro atoms. The molecule has 1 fully saturated rings. The predicted octanol–water partition coefficient (Wildman–Crippen LogP) is 2.77. The molecular weight excluding hydrogens is 296 g/mol. The summed E-state index contributed by atoms with van der Waals surface area (Å²) in [7, 11) is 1.96. The Labute approximate surface area is 135 Å². The van der Waals surface area contributed by atoms with Gasteiger partial charge in [-0.05, 0) is 37.8 Å². The minimum Gasteiger partial charge on any atom is -0.337 e. The number of aryl methyl sites for hydroxylation is 3. The molecule has 3 heterocycles. The number of likely N-dealkylation sites (tertiary alicyclic amines) is 1. The van der Waals surface area contributed by atoms with Crippen LogP contribution in [0.5, 0.6) is 0 Å². The lowest BCUT2D eigenvalue weighted by Crippen LogP contribution is -2.39. The lowest BCUT2D eigenvalue weighted by molar-refractivity contribution is 0.0708. The quantitative estimate of drug-likeness (QED) is 0.874. The summed E-state index contributed by atoms with van der Waals surface area (Å²) in [5, 5.41) is 8.18. The lowest BCUT2D eigenvalue weighted by atomic mass is 9.97. The van der Waals surface area contributed by atoms with Crippen LogP contribution < -0.4 is 0 Å². The number of nitrogens with zero attached hydrogens (tertiary/aromatic N) is 4. The molecule has 2 aromatic rings. The van der Waals surface area contributed by atoms with Crippen LogP contribution in [0.2, 0.25) is 0 Å². The van der Waals surface area contributed by atoms with Gasteiger partial charge in [-0.25, -0.2) is 0 Å². The average molecular weight is 318 g/mol. The maximum atomic E-state index is 12.8. The number of hydrogen-bond acceptors (Lipinski definition) is 4. The highest BCUT2D eigenvalue weighted by atomic mass is 32.1. The maximum Gasteiger partial charge on any atom is 0.263 e. The van der Waals surface area contributed by atoms with Gasteiger partial charge in [-0.2, -0.15) is 0 Å². The molecule has 0 saturated carbocycles. The van der Waals surface area contributed by atoms with Crippen LogP contribution in [-0.4, -0.2) is 38.7 Å². The average Bonchev–Trinajstić information content (AvgIpc) is 3.12. The first-order chi connectivity index (χ1) is 10.6. The van der Waals surface area contributed by atoms with Gasteiger partial charge in [-0.1, -0.05) is 6.92 Å². The van der Waals surface area contributed by atoms with Crippen molar-refractivity contribution in [3.63, 3.8) is 0 Å². The Morgan fingerprint density at radius 2 is 2.32 bits per heavy atom. The lowest BCUT2D eigenvalue weighted by Gasteiger charge is -2.31. The smallest absolute Gasteiger partial charge is 0.263 e. The number of amides is 1. The first-order valence-electron chi connectivity index (χ1n) is 7.82. The Bertz CT molecular complexity index is 675. The standard InChI is InChI=1S/C16H22N4OS/c1-4-13-11(2)8-14(22-13)16(21)20-7-5-6-12(9-20)15-18-17-10-19(15)3/h8,10,12H,4-7,9H2,1-3H3/t12-/m0/s1. The van der Waals surface area contributed by atoms with Crippen molar-refractivity contribution in [2.75, 3.05) is 13.1 Å². The fourth-order valence-electron chi connectivity index (χ4n) is 3.17. The van der Waals surface area contributed by atoms with E-state index in [1.165, 1.54) is 10.4 Å². The van der Waals surface area contributed by atoms with Gasteiger partial charge in [0, 0.05) is 30.9 Å². The van der Waals surface area contributed by atoms with Crippen LogP contribution in [-0.2, 0) is 13.5 Å². The summed E-state index contributed by atoms with van der Waals surface area (Å²) < 4.78 is 1.96. The van der Waals surface area contributed by atoms with Crippen LogP contribution in [0.3, 0.4) is 0 Å². The van der Waals surface area contributed by atoms with E-state index in [9.17, 15) is 4.79 Å². The Balaban J connectivity index is 1.76. The van der Waals surface area contributed by atoms with E-state index in [0.717, 1.165) is 43.1 Å². The zero-order valence-electron chi connectivity index (χ0n) is 13.4. The third-order valence-corrected chi connectivity index (χ3v) is 5.74. The zero-order chi connectivity index (χ0) is 15.7. The van der Waals surface area contributed by atoms with E-state index in [1.807, 2.05) is 22.6 Å². The highest BCUT2D eigenvalue weighted by molar-refractivity contribution is 7.14. The maximum absolute atomic E-state index is 12.8. The fourth-order valence-corrected chi connectivity index (χ4v) is 4.25. The molecule has 1 amide bonds. The topological polar surface area (TPSA) is 51.0 Å². The fraction of sp³-hybridized carbons (Fsp3) is 0.562. The molecule has 3 rings (SSSR count). The van der Waals surface area contributed by atoms with E-state index < -0.39 is 0 Å². The second-order valence-electron chi connectivity index (χ2n) is 5.96. The van der Waals surface area contributed by atoms with Gasteiger partial charge in [-0.15, -0.1) is 21.5 Å². The van der Waals surface area contributed by atoms with Crippen molar-refractivity contribution in [3.05, 3.63) is 33.5 Å². The number of rotatable bonds is 3. The molecule has 0 unspecified atom stereocenters. The summed E-state index contributed by atoms with van der Waals surface area (Å²) in [4.78, 5) is 16.9. The molecule has 118 valence electrons. The molecule has 1 aliphatic heterocycles. The molecule has 0 bridgehead atoms. The van der Waals surface area contributed by atoms with Gasteiger partial charge in [-0.3, -0.25) is 4.79 Å². The number of carbonyl (C=O) groups is 1. The summed E-state index contributed by atoms with van der Waals surface area (Å²) in [6.07, 6.45) is 4.81. The van der Waals surface area contributed by atoms with E-state index in [4.69, 9.17) is 0 Å². The molecule has 1 saturated heterocycles. The normalized spacial score (nSPS) is 18.7. The van der Waals surface area contributed by atoms with Crippen LogP contribution in [0.25, 0.3) is 0 Å². The van der Waals surface area contributed by atoms with E-state index in [-0.39, 0.29) is 11.8 Å². The van der Waals surface area contributed by atoms with Crippen LogP contribution in [0.4, 0.5) is 0 Å². The van der Waals surface area contributed by atoms with Crippen LogP contribution >= 0.6 is 11.3 Å². The summed E-state index contributed by atoms with van der Waals surface area (Å²) in [5.41, 5.74) is 1.23. The van der Waals surface area contributed by atoms with Gasteiger partial charge in [0.2, 0.25) is 0 Å². The molecule has 1 aliphatic rings. The second-order valence-corrected chi connectivity index (χ2v) is 7.10. The minimum absolute atomic E-state index is 0.166. The van der Waals surface area contributed by atoms with E-state index in [1.54, 1.807) is 17.7 Å². The summed E-state index contributed by atoms with van der Waals surface area (Å²) in [6.45, 7) is 5.80. The van der Waals surface area contributed by atoms with Gasteiger partial charge in [0.1, 0.15) is 12.2 Å². The third kappa shape index (κ3) is 2.79. The molecule has 5 nitrogen and oxygen atoms in total. The molecule has 0 aliphatic carbocycles. The summed E-state index contributed by atoms with van der Waals surface area (Å²) in [6, 6.07) is 2.04. The molecule has 22 heavy (non-hydrogen) atoms. The molecule has 1 atom stereocenters. The van der Waals surface area contributed by atoms with Gasteiger partial charge >= 0.3 is 0 Å². The Hall–Kier alpha value is -1.69. The van der Waals surface area contributed by atoms with Crippen molar-refractivity contribution in [3.8, 4) is 0 Å². The van der Waals surface area contributed by atoms with Crippen molar-refractivity contribution in [2.24, 2.45) is 7.05 Å². The Kier molecular flexibility index (Phi) is 4.29. The van der Waals surface area contributed by atoms with Crippen molar-refractivity contribution in [2.45, 2.75) is 39.0 Å². The van der Waals surface area contributed by atoms with Crippen molar-refractivity contribution < 1.29 is 4.79 Å². The van der Waals surface area contributed by atoms with Crippen molar-refractivity contribution in [1.82, 2.24) is 19.7 Å². The number of aromatic nitrogens is 3. The number of hydrogen-bond donors (Lipinski definition) is 0. The minimum atomic E-state index is 0.166. The van der Waals surface area contributed by atoms with E-state index >= 15 is 0 Å². The number of thiophene rings is 1. The first kappa shape index (κ1) is 15.2. The van der Waals surface area contributed by atoms with Gasteiger partial charge in [0.15, 0.2) is 0 Å². The molecule has 2 aromatic heterocycles. The Morgan fingerprint density at radius 1 is 1.50 bits per heavy atom. The van der Waals surface area contributed by atoms with E-state index in [0.29, 0.717) is 0 Å². The van der Waals surface area contributed by atoms with Gasteiger partial charge < -0.3 is 9.47 Å². The molecule has 0 radical (unpaired) electrons. The summed E-state index contributed by atoms with van der Waals surface area (Å²) >= 11 is 1.64. The van der Waals surface area contributed by atoms with Crippen molar-refractivity contribution in [1.29, 1.82) is 0 Å². The number of piperidine rings is 1. The van der Waals surface area contributed by atoms with Gasteiger partial charge in [0.25, 0.3) is 5.91 Å². The first-order valence-corrected chi connectivity index (χ1v) is 8.64. The van der Waals surface area contributed by atoms with Crippen LogP contribution in [0.1, 0.15) is 51.6 Å². The van der Waals surface area contributed by atoms with Crippen molar-refractivity contribution >= 4 is 17.2 Å². The largest absolute Gasteiger partial charge is 0.337 e. The van der Waals surface area contributed by atoms with Crippen LogP contribution in [0.15, 0.2) is 12.4 Å². The summed E-state index contributed by atoms with van der Waals surface area (Å²) in [5.74, 6) is 1.44. The zero-order valence-corrected chi connectivity index (χ0v) is 14.2. The van der Waals surface area contributed by atoms with Gasteiger partial charge in [0.05, 0.1) is 4.88 Å². The number of carbonyl (C=O) groups excluding carboxylic acids is 1. The Morgan fingerprint density at radius 3 is 2.95 bits per heavy atom.